The van der Waals surface area contributed by atoms with Crippen molar-refractivity contribution in [2.75, 3.05) is 19.6 Å². The molecule has 1 saturated carbocycles. The number of amides is 2. The van der Waals surface area contributed by atoms with Gasteiger partial charge < -0.3 is 10.2 Å². The molecule has 2 aliphatic rings. The number of aryl methyl sites for hydroxylation is 1. The van der Waals surface area contributed by atoms with Gasteiger partial charge in [-0.2, -0.15) is 0 Å². The number of hydrogen-bond donors (Lipinski definition) is 1. The number of carbonyl (C=O) groups is 2. The first-order valence-corrected chi connectivity index (χ1v) is 9.91. The number of halogens is 1. The third kappa shape index (κ3) is 3.93. The molecule has 1 saturated heterocycles. The lowest BCUT2D eigenvalue weighted by Gasteiger charge is -2.20. The number of carbonyl (C=O) groups excluding carboxylic acids is 2. The van der Waals surface area contributed by atoms with Crippen molar-refractivity contribution in [3.8, 4) is 0 Å². The van der Waals surface area contributed by atoms with Gasteiger partial charge in [0.05, 0.1) is 5.92 Å². The summed E-state index contributed by atoms with van der Waals surface area (Å²) in [7, 11) is 0. The molecule has 0 unspecified atom stereocenters. The van der Waals surface area contributed by atoms with Gasteiger partial charge >= 0.3 is 0 Å². The molecule has 0 bridgehead atoms. The van der Waals surface area contributed by atoms with E-state index in [4.69, 9.17) is 0 Å². The topological polar surface area (TPSA) is 49.4 Å². The molecular formula is C23H25FN2O2. The summed E-state index contributed by atoms with van der Waals surface area (Å²) < 4.78 is 13.2. The molecule has 2 fully saturated rings. The molecule has 0 radical (unpaired) electrons. The van der Waals surface area contributed by atoms with Crippen LogP contribution in [0.1, 0.15) is 40.2 Å². The smallest absolute Gasteiger partial charge is 0.253 e. The zero-order chi connectivity index (χ0) is 19.7. The first-order chi connectivity index (χ1) is 13.5. The van der Waals surface area contributed by atoms with Crippen LogP contribution in [0.2, 0.25) is 0 Å². The minimum Gasteiger partial charge on any atom is -0.356 e. The van der Waals surface area contributed by atoms with Gasteiger partial charge in [0.15, 0.2) is 0 Å². The van der Waals surface area contributed by atoms with E-state index in [-0.39, 0.29) is 29.5 Å². The summed E-state index contributed by atoms with van der Waals surface area (Å²) in [5.41, 5.74) is 2.69. The number of nitrogens with one attached hydrogen (secondary N) is 1. The lowest BCUT2D eigenvalue weighted by Crippen LogP contribution is -2.36. The predicted octanol–water partition coefficient (Wildman–Crippen LogP) is 3.52. The molecule has 2 amide bonds. The van der Waals surface area contributed by atoms with Crippen LogP contribution in [0.4, 0.5) is 4.39 Å². The van der Waals surface area contributed by atoms with Gasteiger partial charge in [-0.05, 0) is 61.1 Å². The van der Waals surface area contributed by atoms with Crippen LogP contribution in [0, 0.1) is 24.6 Å². The van der Waals surface area contributed by atoms with Gasteiger partial charge in [0.1, 0.15) is 5.82 Å². The van der Waals surface area contributed by atoms with Crippen LogP contribution in [0.3, 0.4) is 0 Å². The van der Waals surface area contributed by atoms with Gasteiger partial charge in [-0.25, -0.2) is 4.39 Å². The molecule has 1 N–H and O–H groups in total. The van der Waals surface area contributed by atoms with E-state index < -0.39 is 0 Å². The van der Waals surface area contributed by atoms with Gasteiger partial charge in [-0.1, -0.05) is 24.3 Å². The second-order valence-corrected chi connectivity index (χ2v) is 7.98. The van der Waals surface area contributed by atoms with Crippen molar-refractivity contribution in [3.05, 3.63) is 71.0 Å². The van der Waals surface area contributed by atoms with Crippen LogP contribution >= 0.6 is 0 Å². The molecule has 146 valence electrons. The second-order valence-electron chi connectivity index (χ2n) is 7.98. The summed E-state index contributed by atoms with van der Waals surface area (Å²) >= 11 is 0. The molecule has 0 aromatic heterocycles. The molecule has 28 heavy (non-hydrogen) atoms. The summed E-state index contributed by atoms with van der Waals surface area (Å²) in [5.74, 6) is -0.202. The lowest BCUT2D eigenvalue weighted by atomic mass is 9.86. The number of nitrogens with zero attached hydrogens (tertiary/aromatic N) is 1. The zero-order valence-corrected chi connectivity index (χ0v) is 16.0. The average Bonchev–Trinajstić information content (AvgIpc) is 3.43. The van der Waals surface area contributed by atoms with Crippen LogP contribution in [-0.4, -0.2) is 36.3 Å². The fourth-order valence-electron chi connectivity index (χ4n) is 4.03. The molecule has 1 aliphatic carbocycles. The van der Waals surface area contributed by atoms with Crippen LogP contribution in [0.5, 0.6) is 0 Å². The monoisotopic (exact) mass is 380 g/mol. The third-order valence-corrected chi connectivity index (χ3v) is 5.88. The first kappa shape index (κ1) is 18.7. The van der Waals surface area contributed by atoms with Gasteiger partial charge in [0, 0.05) is 31.1 Å². The molecule has 2 atom stereocenters. The maximum atomic E-state index is 13.2. The predicted molar refractivity (Wildman–Crippen MR) is 105 cm³/mol. The van der Waals surface area contributed by atoms with Crippen LogP contribution in [0.25, 0.3) is 0 Å². The summed E-state index contributed by atoms with van der Waals surface area (Å²) in [6, 6.07) is 13.6. The molecule has 4 nitrogen and oxygen atoms in total. The molecule has 1 heterocycles. The molecule has 2 aromatic rings. The Morgan fingerprint density at radius 1 is 1.07 bits per heavy atom. The Kier molecular flexibility index (Phi) is 5.16. The van der Waals surface area contributed by atoms with Crippen LogP contribution in [-0.2, 0) is 4.79 Å². The Balaban J connectivity index is 1.56. The number of benzene rings is 2. The Labute approximate surface area is 164 Å². The van der Waals surface area contributed by atoms with Gasteiger partial charge in [0.25, 0.3) is 5.91 Å². The van der Waals surface area contributed by atoms with Gasteiger partial charge in [0.2, 0.25) is 5.91 Å². The Hall–Kier alpha value is -2.69. The second kappa shape index (κ2) is 7.74. The average molecular weight is 380 g/mol. The first-order valence-electron chi connectivity index (χ1n) is 9.91. The summed E-state index contributed by atoms with van der Waals surface area (Å²) in [5, 5.41) is 3.09. The van der Waals surface area contributed by atoms with E-state index in [1.54, 1.807) is 4.90 Å². The molecule has 4 rings (SSSR count). The van der Waals surface area contributed by atoms with Crippen molar-refractivity contribution >= 4 is 11.8 Å². The molecule has 1 aliphatic heterocycles. The summed E-state index contributed by atoms with van der Waals surface area (Å²) in [4.78, 5) is 27.6. The number of rotatable bonds is 5. The zero-order valence-electron chi connectivity index (χ0n) is 16.0. The minimum absolute atomic E-state index is 0.0227. The molecule has 5 heteroatoms. The maximum absolute atomic E-state index is 13.2. The van der Waals surface area contributed by atoms with Crippen molar-refractivity contribution in [2.24, 2.45) is 11.8 Å². The lowest BCUT2D eigenvalue weighted by molar-refractivity contribution is -0.125. The van der Waals surface area contributed by atoms with E-state index in [0.29, 0.717) is 24.6 Å². The van der Waals surface area contributed by atoms with Crippen molar-refractivity contribution in [2.45, 2.75) is 25.7 Å². The third-order valence-electron chi connectivity index (χ3n) is 5.88. The van der Waals surface area contributed by atoms with Crippen molar-refractivity contribution in [1.29, 1.82) is 0 Å². The highest BCUT2D eigenvalue weighted by molar-refractivity contribution is 5.95. The fourth-order valence-corrected chi connectivity index (χ4v) is 4.03. The Morgan fingerprint density at radius 2 is 1.79 bits per heavy atom. The standard InChI is InChI=1S/C23H25FN2O2/c1-15-4-2-3-5-19(15)20-13-26(23(28)17-8-10-18(24)11-9-17)14-21(20)22(27)25-12-16-6-7-16/h2-5,8-11,16,20-21H,6-7,12-14H2,1H3,(H,25,27)/t20-,21+/m0/s1. The summed E-state index contributed by atoms with van der Waals surface area (Å²) in [6.45, 7) is 3.63. The van der Waals surface area contributed by atoms with Crippen molar-refractivity contribution in [1.82, 2.24) is 10.2 Å². The highest BCUT2D eigenvalue weighted by Gasteiger charge is 2.41. The highest BCUT2D eigenvalue weighted by atomic mass is 19.1. The Morgan fingerprint density at radius 3 is 2.46 bits per heavy atom. The van der Waals surface area contributed by atoms with Gasteiger partial charge in [-0.15, -0.1) is 0 Å². The van der Waals surface area contributed by atoms with E-state index in [0.717, 1.165) is 17.7 Å². The van der Waals surface area contributed by atoms with Crippen LogP contribution < -0.4 is 5.32 Å². The van der Waals surface area contributed by atoms with Crippen LogP contribution in [0.15, 0.2) is 48.5 Å². The SMILES string of the molecule is Cc1ccccc1[C@@H]1CN(C(=O)c2ccc(F)cc2)C[C@H]1C(=O)NCC1CC1. The Bertz CT molecular complexity index is 876. The van der Waals surface area contributed by atoms with E-state index >= 15 is 0 Å². The number of likely N-dealkylation sites (tertiary alicyclic amines) is 1. The largest absolute Gasteiger partial charge is 0.356 e. The number of hydrogen-bond acceptors (Lipinski definition) is 2. The van der Waals surface area contributed by atoms with E-state index in [1.165, 1.54) is 37.1 Å². The minimum atomic E-state index is -0.368. The van der Waals surface area contributed by atoms with E-state index in [2.05, 4.69) is 5.32 Å². The normalized spacial score (nSPS) is 21.6. The molecule has 0 spiro atoms. The maximum Gasteiger partial charge on any atom is 0.253 e. The van der Waals surface area contributed by atoms with Crippen molar-refractivity contribution in [3.63, 3.8) is 0 Å². The molecular weight excluding hydrogens is 355 g/mol. The summed E-state index contributed by atoms with van der Waals surface area (Å²) in [6.07, 6.45) is 2.36. The van der Waals surface area contributed by atoms with Crippen molar-refractivity contribution < 1.29 is 14.0 Å². The van der Waals surface area contributed by atoms with E-state index in [1.807, 2.05) is 31.2 Å². The van der Waals surface area contributed by atoms with Gasteiger partial charge in [-0.3, -0.25) is 9.59 Å². The van der Waals surface area contributed by atoms with E-state index in [9.17, 15) is 14.0 Å². The molecule has 2 aromatic carbocycles. The quantitative estimate of drug-likeness (QED) is 0.863. The highest BCUT2D eigenvalue weighted by Crippen LogP contribution is 2.36. The fraction of sp³-hybridized carbons (Fsp3) is 0.391.